The fourth-order valence-corrected chi connectivity index (χ4v) is 2.17. The molecule has 2 nitrogen and oxygen atoms in total. The molecule has 0 unspecified atom stereocenters. The second kappa shape index (κ2) is 4.71. The number of nitrogens with two attached hydrogens (primary N) is 1. The first kappa shape index (κ1) is 11.2. The molecule has 0 spiro atoms. The van der Waals surface area contributed by atoms with E-state index in [1.165, 1.54) is 22.0 Å². The summed E-state index contributed by atoms with van der Waals surface area (Å²) in [5.74, 6) is 0. The summed E-state index contributed by atoms with van der Waals surface area (Å²) in [4.78, 5) is 3.38. The Labute approximate surface area is 96.9 Å². The van der Waals surface area contributed by atoms with Crippen molar-refractivity contribution in [2.75, 3.05) is 0 Å². The first-order valence-electron chi connectivity index (χ1n) is 6.09. The maximum Gasteiger partial charge on any atom is 0.0489 e. The summed E-state index contributed by atoms with van der Waals surface area (Å²) in [6, 6.07) is 6.77. The van der Waals surface area contributed by atoms with Crippen molar-refractivity contribution in [1.29, 1.82) is 0 Å². The minimum Gasteiger partial charge on any atom is -0.361 e. The van der Waals surface area contributed by atoms with Gasteiger partial charge in [-0.15, -0.1) is 0 Å². The number of H-pyrrole nitrogens is 1. The molecule has 2 rings (SSSR count). The van der Waals surface area contributed by atoms with Crippen LogP contribution in [-0.4, -0.2) is 11.0 Å². The van der Waals surface area contributed by atoms with E-state index in [0.717, 1.165) is 19.3 Å². The number of aromatic nitrogens is 1. The van der Waals surface area contributed by atoms with Crippen LogP contribution in [0.25, 0.3) is 10.9 Å². The van der Waals surface area contributed by atoms with Gasteiger partial charge in [-0.3, -0.25) is 0 Å². The molecular weight excluding hydrogens is 196 g/mol. The second-order valence-corrected chi connectivity index (χ2v) is 4.38. The minimum absolute atomic E-state index is 0.268. The van der Waals surface area contributed by atoms with E-state index in [1.54, 1.807) is 0 Å². The van der Waals surface area contributed by atoms with Crippen LogP contribution in [0.1, 0.15) is 31.4 Å². The molecule has 3 N–H and O–H groups in total. The summed E-state index contributed by atoms with van der Waals surface area (Å²) in [6.07, 6.45) is 5.17. The zero-order valence-corrected chi connectivity index (χ0v) is 10.1. The summed E-state index contributed by atoms with van der Waals surface area (Å²) in [6.45, 7) is 4.32. The van der Waals surface area contributed by atoms with Crippen LogP contribution >= 0.6 is 0 Å². The van der Waals surface area contributed by atoms with Crippen molar-refractivity contribution in [2.24, 2.45) is 5.73 Å². The monoisotopic (exact) mass is 216 g/mol. The molecule has 1 aromatic heterocycles. The van der Waals surface area contributed by atoms with E-state index in [-0.39, 0.29) is 6.04 Å². The van der Waals surface area contributed by atoms with E-state index in [0.29, 0.717) is 0 Å². The number of aromatic amines is 1. The Kier molecular flexibility index (Phi) is 3.30. The molecule has 2 aromatic rings. The molecule has 86 valence electrons. The van der Waals surface area contributed by atoms with Crippen molar-refractivity contribution in [3.63, 3.8) is 0 Å². The van der Waals surface area contributed by atoms with Crippen molar-refractivity contribution in [2.45, 2.75) is 39.2 Å². The lowest BCUT2D eigenvalue weighted by molar-refractivity contribution is 0.648. The number of para-hydroxylation sites is 1. The van der Waals surface area contributed by atoms with Crippen LogP contribution < -0.4 is 5.73 Å². The Hall–Kier alpha value is -1.28. The topological polar surface area (TPSA) is 41.8 Å². The van der Waals surface area contributed by atoms with Gasteiger partial charge in [0.15, 0.2) is 0 Å². The highest BCUT2D eigenvalue weighted by molar-refractivity contribution is 5.86. The van der Waals surface area contributed by atoms with Crippen LogP contribution in [0.3, 0.4) is 0 Å². The average molecular weight is 216 g/mol. The Morgan fingerprint density at radius 1 is 1.25 bits per heavy atom. The van der Waals surface area contributed by atoms with Crippen LogP contribution in [0.5, 0.6) is 0 Å². The maximum atomic E-state index is 6.01. The lowest BCUT2D eigenvalue weighted by Gasteiger charge is -2.07. The molecule has 2 heteroatoms. The lowest BCUT2D eigenvalue weighted by Crippen LogP contribution is -2.21. The summed E-state index contributed by atoms with van der Waals surface area (Å²) in [5.41, 5.74) is 10.0. The van der Waals surface area contributed by atoms with Crippen molar-refractivity contribution < 1.29 is 0 Å². The minimum atomic E-state index is 0.268. The summed E-state index contributed by atoms with van der Waals surface area (Å²) in [5, 5.41) is 1.34. The van der Waals surface area contributed by atoms with Gasteiger partial charge in [-0.1, -0.05) is 32.0 Å². The largest absolute Gasteiger partial charge is 0.361 e. The molecule has 0 aliphatic heterocycles. The van der Waals surface area contributed by atoms with Crippen LogP contribution in [0.2, 0.25) is 0 Å². The SMILES string of the molecule is CCc1cccc2c(C[C@H](N)CC)c[nH]c12. The Morgan fingerprint density at radius 2 is 2.06 bits per heavy atom. The van der Waals surface area contributed by atoms with Crippen molar-refractivity contribution in [1.82, 2.24) is 4.98 Å². The number of hydrogen-bond acceptors (Lipinski definition) is 1. The van der Waals surface area contributed by atoms with Gasteiger partial charge in [0.25, 0.3) is 0 Å². The summed E-state index contributed by atoms with van der Waals surface area (Å²) < 4.78 is 0. The second-order valence-electron chi connectivity index (χ2n) is 4.38. The van der Waals surface area contributed by atoms with Crippen molar-refractivity contribution >= 4 is 10.9 Å². The molecule has 1 heterocycles. The third kappa shape index (κ3) is 1.98. The van der Waals surface area contributed by atoms with Gasteiger partial charge in [0.1, 0.15) is 0 Å². The van der Waals surface area contributed by atoms with E-state index in [9.17, 15) is 0 Å². The molecule has 0 saturated heterocycles. The van der Waals surface area contributed by atoms with E-state index >= 15 is 0 Å². The van der Waals surface area contributed by atoms with E-state index in [1.807, 2.05) is 0 Å². The highest BCUT2D eigenvalue weighted by Crippen LogP contribution is 2.23. The third-order valence-corrected chi connectivity index (χ3v) is 3.27. The van der Waals surface area contributed by atoms with Gasteiger partial charge in [-0.2, -0.15) is 0 Å². The van der Waals surface area contributed by atoms with Gasteiger partial charge in [-0.05, 0) is 30.4 Å². The molecule has 0 bridgehead atoms. The number of fused-ring (bicyclic) bond motifs is 1. The first-order valence-corrected chi connectivity index (χ1v) is 6.09. The number of benzene rings is 1. The summed E-state index contributed by atoms with van der Waals surface area (Å²) >= 11 is 0. The van der Waals surface area contributed by atoms with Gasteiger partial charge in [0.2, 0.25) is 0 Å². The Morgan fingerprint density at radius 3 is 2.75 bits per heavy atom. The first-order chi connectivity index (χ1) is 7.76. The number of aryl methyl sites for hydroxylation is 1. The maximum absolute atomic E-state index is 6.01. The van der Waals surface area contributed by atoms with Crippen LogP contribution in [-0.2, 0) is 12.8 Å². The molecule has 1 atom stereocenters. The highest BCUT2D eigenvalue weighted by atomic mass is 14.7. The predicted octanol–water partition coefficient (Wildman–Crippen LogP) is 3.01. The van der Waals surface area contributed by atoms with Gasteiger partial charge < -0.3 is 10.7 Å². The molecule has 0 fully saturated rings. The zero-order chi connectivity index (χ0) is 11.5. The molecule has 16 heavy (non-hydrogen) atoms. The van der Waals surface area contributed by atoms with Gasteiger partial charge in [-0.25, -0.2) is 0 Å². The normalized spacial score (nSPS) is 13.2. The van der Waals surface area contributed by atoms with Crippen molar-refractivity contribution in [3.05, 3.63) is 35.5 Å². The molecular formula is C14H20N2. The van der Waals surface area contributed by atoms with E-state index in [4.69, 9.17) is 5.73 Å². The molecule has 0 aliphatic carbocycles. The lowest BCUT2D eigenvalue weighted by atomic mass is 10.0. The predicted molar refractivity (Wildman–Crippen MR) is 69.6 cm³/mol. The Bertz CT molecular complexity index is 471. The molecule has 0 saturated carbocycles. The molecule has 1 aromatic carbocycles. The fraction of sp³-hybridized carbons (Fsp3) is 0.429. The third-order valence-electron chi connectivity index (χ3n) is 3.27. The molecule has 0 radical (unpaired) electrons. The molecule has 0 amide bonds. The quantitative estimate of drug-likeness (QED) is 0.810. The van der Waals surface area contributed by atoms with Crippen LogP contribution in [0.4, 0.5) is 0 Å². The van der Waals surface area contributed by atoms with E-state index in [2.05, 4.69) is 43.2 Å². The van der Waals surface area contributed by atoms with Gasteiger partial charge in [0, 0.05) is 23.1 Å². The number of rotatable bonds is 4. The standard InChI is InChI=1S/C14H20N2/c1-3-10-6-5-7-13-11(8-12(15)4-2)9-16-14(10)13/h5-7,9,12,16H,3-4,8,15H2,1-2H3/t12-/m1/s1. The smallest absolute Gasteiger partial charge is 0.0489 e. The molecule has 0 aliphatic rings. The Balaban J connectivity index is 2.41. The fourth-order valence-electron chi connectivity index (χ4n) is 2.17. The summed E-state index contributed by atoms with van der Waals surface area (Å²) in [7, 11) is 0. The van der Waals surface area contributed by atoms with Gasteiger partial charge >= 0.3 is 0 Å². The average Bonchev–Trinajstić information content (AvgIpc) is 2.72. The van der Waals surface area contributed by atoms with Crippen LogP contribution in [0.15, 0.2) is 24.4 Å². The zero-order valence-electron chi connectivity index (χ0n) is 10.1. The van der Waals surface area contributed by atoms with E-state index < -0.39 is 0 Å². The van der Waals surface area contributed by atoms with Crippen LogP contribution in [0, 0.1) is 0 Å². The van der Waals surface area contributed by atoms with Crippen molar-refractivity contribution in [3.8, 4) is 0 Å². The number of hydrogen-bond donors (Lipinski definition) is 2. The van der Waals surface area contributed by atoms with Gasteiger partial charge in [0.05, 0.1) is 0 Å². The highest BCUT2D eigenvalue weighted by Gasteiger charge is 2.08. The number of nitrogens with one attached hydrogen (secondary N) is 1.